The lowest BCUT2D eigenvalue weighted by Gasteiger charge is -2.30. The Morgan fingerprint density at radius 1 is 0.552 bits per heavy atom. The molecule has 2 nitrogen and oxygen atoms in total. The number of unbranched alkanes of at least 4 members (excludes halogenated alkanes) is 2. The zero-order valence-electron chi connectivity index (χ0n) is 20.7. The second-order valence-electron chi connectivity index (χ2n) is 9.69. The normalized spacial score (nSPS) is 14.9. The maximum absolute atomic E-state index is 4.82. The number of rotatable bonds is 18. The molecule has 0 bridgehead atoms. The third kappa shape index (κ3) is 15.4. The van der Waals surface area contributed by atoms with Crippen molar-refractivity contribution in [1.82, 2.24) is 9.80 Å². The summed E-state index contributed by atoms with van der Waals surface area (Å²) in [6, 6.07) is 2.57. The smallest absolute Gasteiger partial charge is 0.0107 e. The summed E-state index contributed by atoms with van der Waals surface area (Å²) in [5, 5.41) is 1.05. The van der Waals surface area contributed by atoms with Gasteiger partial charge in [-0.1, -0.05) is 12.8 Å². The molecule has 0 aromatic rings. The number of hydrogen-bond donors (Lipinski definition) is 2. The maximum atomic E-state index is 4.82. The predicted molar refractivity (Wildman–Crippen MR) is 145 cm³/mol. The first-order chi connectivity index (χ1) is 13.6. The number of nitrogens with zero attached hydrogens (tertiary/aromatic N) is 2. The molecule has 0 heterocycles. The van der Waals surface area contributed by atoms with E-state index in [2.05, 4.69) is 65.2 Å². The standard InChI is InChI=1S/C24H52N2S3/c1-19(2)25(20(3)4)15-11-9-13-23(27)17-29-18-24(28)14-10-12-16-26(21(5)6)22(7)8/h19-24,27-28H,9-18H2,1-8H3. The summed E-state index contributed by atoms with van der Waals surface area (Å²) >= 11 is 11.7. The van der Waals surface area contributed by atoms with E-state index < -0.39 is 0 Å². The first-order valence-corrected chi connectivity index (χ1v) is 14.2. The van der Waals surface area contributed by atoms with E-state index in [1.54, 1.807) is 0 Å². The summed E-state index contributed by atoms with van der Waals surface area (Å²) < 4.78 is 0. The fourth-order valence-electron chi connectivity index (χ4n) is 4.08. The molecule has 176 valence electrons. The van der Waals surface area contributed by atoms with Gasteiger partial charge in [0.1, 0.15) is 0 Å². The molecule has 0 spiro atoms. The lowest BCUT2D eigenvalue weighted by atomic mass is 10.1. The fourth-order valence-corrected chi connectivity index (χ4v) is 6.09. The Hall–Kier alpha value is 0.970. The first-order valence-electron chi connectivity index (χ1n) is 12.0. The highest BCUT2D eigenvalue weighted by Crippen LogP contribution is 2.19. The molecule has 0 radical (unpaired) electrons. The summed E-state index contributed by atoms with van der Waals surface area (Å²) in [5.41, 5.74) is 0. The molecule has 0 aromatic heterocycles. The average molecular weight is 465 g/mol. The minimum Gasteiger partial charge on any atom is -0.299 e. The average Bonchev–Trinajstić information content (AvgIpc) is 2.59. The lowest BCUT2D eigenvalue weighted by molar-refractivity contribution is 0.171. The van der Waals surface area contributed by atoms with Crippen LogP contribution < -0.4 is 0 Å². The van der Waals surface area contributed by atoms with Crippen LogP contribution >= 0.6 is 37.0 Å². The largest absolute Gasteiger partial charge is 0.299 e. The molecular formula is C24H52N2S3. The van der Waals surface area contributed by atoms with Crippen molar-refractivity contribution >= 4 is 37.0 Å². The molecule has 0 aliphatic heterocycles. The van der Waals surface area contributed by atoms with Crippen molar-refractivity contribution in [2.75, 3.05) is 24.6 Å². The zero-order valence-corrected chi connectivity index (χ0v) is 23.3. The number of thioether (sulfide) groups is 1. The summed E-state index contributed by atoms with van der Waals surface area (Å²) in [7, 11) is 0. The van der Waals surface area contributed by atoms with Crippen LogP contribution in [0, 0.1) is 0 Å². The Labute approximate surface area is 199 Å². The maximum Gasteiger partial charge on any atom is 0.0107 e. The van der Waals surface area contributed by atoms with Gasteiger partial charge >= 0.3 is 0 Å². The van der Waals surface area contributed by atoms with Gasteiger partial charge in [0.2, 0.25) is 0 Å². The summed E-state index contributed by atoms with van der Waals surface area (Å²) in [6.45, 7) is 20.8. The molecule has 0 amide bonds. The molecule has 2 unspecified atom stereocenters. The molecule has 0 saturated heterocycles. The van der Waals surface area contributed by atoms with Crippen LogP contribution in [0.3, 0.4) is 0 Å². The van der Waals surface area contributed by atoms with Gasteiger partial charge in [-0.15, -0.1) is 0 Å². The Morgan fingerprint density at radius 3 is 1.14 bits per heavy atom. The molecule has 2 atom stereocenters. The highest BCUT2D eigenvalue weighted by atomic mass is 32.2. The van der Waals surface area contributed by atoms with E-state index in [-0.39, 0.29) is 0 Å². The van der Waals surface area contributed by atoms with Gasteiger partial charge in [-0.05, 0) is 94.2 Å². The minimum absolute atomic E-state index is 0.526. The molecular weight excluding hydrogens is 412 g/mol. The fraction of sp³-hybridized carbons (Fsp3) is 1.00. The van der Waals surface area contributed by atoms with Crippen molar-refractivity contribution in [2.45, 2.75) is 129 Å². The summed E-state index contributed by atoms with van der Waals surface area (Å²) in [4.78, 5) is 5.19. The van der Waals surface area contributed by atoms with Crippen LogP contribution in [0.1, 0.15) is 93.9 Å². The Morgan fingerprint density at radius 2 is 0.862 bits per heavy atom. The molecule has 29 heavy (non-hydrogen) atoms. The second-order valence-corrected chi connectivity index (χ2v) is 12.2. The topological polar surface area (TPSA) is 6.48 Å². The number of thiol groups is 2. The van der Waals surface area contributed by atoms with Crippen molar-refractivity contribution in [2.24, 2.45) is 0 Å². The first kappa shape index (κ1) is 30.0. The molecule has 5 heteroatoms. The molecule has 0 aromatic carbocycles. The lowest BCUT2D eigenvalue weighted by Crippen LogP contribution is -2.37. The monoisotopic (exact) mass is 464 g/mol. The van der Waals surface area contributed by atoms with E-state index in [1.807, 2.05) is 11.8 Å². The third-order valence-corrected chi connectivity index (χ3v) is 8.33. The molecule has 0 rings (SSSR count). The quantitative estimate of drug-likeness (QED) is 0.168. The van der Waals surface area contributed by atoms with Crippen LogP contribution in [0.25, 0.3) is 0 Å². The van der Waals surface area contributed by atoms with Gasteiger partial charge in [0.15, 0.2) is 0 Å². The van der Waals surface area contributed by atoms with Crippen LogP contribution in [-0.4, -0.2) is 69.1 Å². The second kappa shape index (κ2) is 17.5. The SMILES string of the molecule is CC(C)N(CCCCC(S)CSCC(S)CCCCN(C(C)C)C(C)C)C(C)C. The molecule has 0 aliphatic rings. The van der Waals surface area contributed by atoms with Crippen LogP contribution in [0.2, 0.25) is 0 Å². The third-order valence-electron chi connectivity index (χ3n) is 5.68. The summed E-state index contributed by atoms with van der Waals surface area (Å²) in [6.07, 6.45) is 7.62. The minimum atomic E-state index is 0.526. The predicted octanol–water partition coefficient (Wildman–Crippen LogP) is 6.89. The zero-order chi connectivity index (χ0) is 22.4. The Kier molecular flexibility index (Phi) is 18.1. The molecule has 0 fully saturated rings. The van der Waals surface area contributed by atoms with Gasteiger partial charge in [0.05, 0.1) is 0 Å². The van der Waals surface area contributed by atoms with Crippen LogP contribution in [0.4, 0.5) is 0 Å². The molecule has 0 N–H and O–H groups in total. The van der Waals surface area contributed by atoms with E-state index in [9.17, 15) is 0 Å². The van der Waals surface area contributed by atoms with E-state index in [4.69, 9.17) is 25.3 Å². The van der Waals surface area contributed by atoms with Gasteiger partial charge < -0.3 is 0 Å². The Bertz CT molecular complexity index is 325. The van der Waals surface area contributed by atoms with Crippen molar-refractivity contribution in [1.29, 1.82) is 0 Å². The molecule has 0 aliphatic carbocycles. The van der Waals surface area contributed by atoms with Crippen molar-refractivity contribution in [3.05, 3.63) is 0 Å². The van der Waals surface area contributed by atoms with Gasteiger partial charge in [-0.2, -0.15) is 37.0 Å². The van der Waals surface area contributed by atoms with E-state index >= 15 is 0 Å². The molecule has 0 saturated carbocycles. The highest BCUT2D eigenvalue weighted by Gasteiger charge is 2.14. The van der Waals surface area contributed by atoms with Crippen molar-refractivity contribution < 1.29 is 0 Å². The summed E-state index contributed by atoms with van der Waals surface area (Å²) in [5.74, 6) is 2.32. The van der Waals surface area contributed by atoms with E-state index in [0.29, 0.717) is 34.7 Å². The van der Waals surface area contributed by atoms with Crippen LogP contribution in [0.15, 0.2) is 0 Å². The van der Waals surface area contributed by atoms with Gasteiger partial charge in [-0.25, -0.2) is 0 Å². The van der Waals surface area contributed by atoms with E-state index in [1.165, 1.54) is 51.6 Å². The Balaban J connectivity index is 3.76. The van der Waals surface area contributed by atoms with Crippen LogP contribution in [-0.2, 0) is 0 Å². The van der Waals surface area contributed by atoms with Gasteiger partial charge in [0.25, 0.3) is 0 Å². The van der Waals surface area contributed by atoms with Gasteiger partial charge in [-0.3, -0.25) is 9.80 Å². The van der Waals surface area contributed by atoms with E-state index in [0.717, 1.165) is 11.5 Å². The van der Waals surface area contributed by atoms with Crippen molar-refractivity contribution in [3.8, 4) is 0 Å². The van der Waals surface area contributed by atoms with Crippen LogP contribution in [0.5, 0.6) is 0 Å². The number of hydrogen-bond acceptors (Lipinski definition) is 5. The van der Waals surface area contributed by atoms with Crippen molar-refractivity contribution in [3.63, 3.8) is 0 Å². The highest BCUT2D eigenvalue weighted by molar-refractivity contribution is 8.00. The van der Waals surface area contributed by atoms with Gasteiger partial charge in [0, 0.05) is 46.2 Å².